The van der Waals surface area contributed by atoms with Crippen molar-refractivity contribution in [3.8, 4) is 11.5 Å². The van der Waals surface area contributed by atoms with Gasteiger partial charge in [0.05, 0.1) is 31.4 Å². The van der Waals surface area contributed by atoms with Crippen molar-refractivity contribution in [2.75, 3.05) is 20.8 Å². The summed E-state index contributed by atoms with van der Waals surface area (Å²) in [7, 11) is 3.02. The molecule has 1 saturated heterocycles. The fraction of sp³-hybridized carbons (Fsp3) is 0.391. The Morgan fingerprint density at radius 3 is 2.53 bits per heavy atom. The molecule has 0 aliphatic carbocycles. The summed E-state index contributed by atoms with van der Waals surface area (Å²) in [6, 6.07) is 6.31. The second-order valence-corrected chi connectivity index (χ2v) is 8.18. The summed E-state index contributed by atoms with van der Waals surface area (Å²) in [4.78, 5) is 28.4. The van der Waals surface area contributed by atoms with Gasteiger partial charge in [0.25, 0.3) is 11.7 Å². The molecule has 2 aromatic rings. The van der Waals surface area contributed by atoms with Crippen molar-refractivity contribution in [2.24, 2.45) is 0 Å². The molecule has 160 valence electrons. The summed E-state index contributed by atoms with van der Waals surface area (Å²) < 4.78 is 10.6. The minimum atomic E-state index is -0.667. The number of ether oxygens (including phenoxy) is 2. The predicted octanol–water partition coefficient (Wildman–Crippen LogP) is 4.69. The summed E-state index contributed by atoms with van der Waals surface area (Å²) in [6.07, 6.45) is 2.78. The average molecular weight is 430 g/mol. The number of unbranched alkanes of at least 4 members (excludes halogenated alkanes) is 2. The number of hydrogen-bond acceptors (Lipinski definition) is 6. The number of carbonyl (C=O) groups is 2. The van der Waals surface area contributed by atoms with Crippen LogP contribution < -0.4 is 9.47 Å². The number of aliphatic hydroxyl groups excluding tert-OH is 1. The zero-order valence-corrected chi connectivity index (χ0v) is 18.5. The van der Waals surface area contributed by atoms with Crippen molar-refractivity contribution >= 4 is 28.8 Å². The highest BCUT2D eigenvalue weighted by Gasteiger charge is 2.47. The lowest BCUT2D eigenvalue weighted by Crippen LogP contribution is -2.30. The van der Waals surface area contributed by atoms with Gasteiger partial charge in [-0.1, -0.05) is 19.8 Å². The number of rotatable bonds is 8. The lowest BCUT2D eigenvalue weighted by atomic mass is 9.97. The van der Waals surface area contributed by atoms with E-state index in [0.717, 1.165) is 29.7 Å². The molecule has 0 saturated carbocycles. The first-order valence-corrected chi connectivity index (χ1v) is 10.9. The van der Waals surface area contributed by atoms with E-state index >= 15 is 0 Å². The Balaban J connectivity index is 2.16. The number of hydrogen-bond donors (Lipinski definition) is 1. The van der Waals surface area contributed by atoms with Crippen molar-refractivity contribution < 1.29 is 24.2 Å². The number of aliphatic hydroxyl groups is 1. The Hall–Kier alpha value is -2.80. The maximum Gasteiger partial charge on any atom is 0.295 e. The third-order valence-electron chi connectivity index (χ3n) is 5.36. The largest absolute Gasteiger partial charge is 0.507 e. The van der Waals surface area contributed by atoms with E-state index in [-0.39, 0.29) is 11.3 Å². The van der Waals surface area contributed by atoms with Crippen LogP contribution in [0.2, 0.25) is 0 Å². The Morgan fingerprint density at radius 2 is 1.93 bits per heavy atom. The average Bonchev–Trinajstić information content (AvgIpc) is 3.28. The number of ketones is 1. The van der Waals surface area contributed by atoms with E-state index in [4.69, 9.17) is 9.47 Å². The summed E-state index contributed by atoms with van der Waals surface area (Å²) in [5, 5.41) is 13.1. The van der Waals surface area contributed by atoms with Crippen LogP contribution in [0.15, 0.2) is 35.2 Å². The minimum absolute atomic E-state index is 0.102. The van der Waals surface area contributed by atoms with Crippen molar-refractivity contribution in [1.82, 2.24) is 4.90 Å². The van der Waals surface area contributed by atoms with E-state index in [9.17, 15) is 14.7 Å². The number of carbonyl (C=O) groups excluding carboxylic acids is 2. The van der Waals surface area contributed by atoms with E-state index in [2.05, 4.69) is 6.92 Å². The fourth-order valence-corrected chi connectivity index (χ4v) is 4.77. The molecule has 7 heteroatoms. The lowest BCUT2D eigenvalue weighted by molar-refractivity contribution is -0.139. The molecule has 1 aliphatic rings. The first-order chi connectivity index (χ1) is 14.4. The second-order valence-electron chi connectivity index (χ2n) is 7.23. The minimum Gasteiger partial charge on any atom is -0.507 e. The molecule has 30 heavy (non-hydrogen) atoms. The van der Waals surface area contributed by atoms with E-state index in [1.54, 1.807) is 23.1 Å². The van der Waals surface area contributed by atoms with Gasteiger partial charge in [-0.15, -0.1) is 11.3 Å². The SMILES string of the molecule is CCCCCN1C(=O)C(=O)/C(=C(/O)c2ccc(OC)cc2OC)C1c1sccc1C. The summed E-state index contributed by atoms with van der Waals surface area (Å²) in [5.74, 6) is -0.541. The molecule has 0 bridgehead atoms. The standard InChI is InChI=1S/C23H27NO5S/c1-5-6-7-11-24-19(22-14(2)10-12-30-22)18(21(26)23(24)27)20(25)16-9-8-15(28-3)13-17(16)29-4/h8-10,12-13,19,25H,5-7,11H2,1-4H3/b20-18+. The Kier molecular flexibility index (Phi) is 6.82. The molecule has 1 N–H and O–H groups in total. The van der Waals surface area contributed by atoms with Crippen LogP contribution in [0, 0.1) is 6.92 Å². The Labute approximate surface area is 180 Å². The summed E-state index contributed by atoms with van der Waals surface area (Å²) in [5.41, 5.74) is 1.44. The topological polar surface area (TPSA) is 76.1 Å². The van der Waals surface area contributed by atoms with Gasteiger partial charge in [0.1, 0.15) is 17.3 Å². The van der Waals surface area contributed by atoms with E-state index in [1.807, 2.05) is 18.4 Å². The summed E-state index contributed by atoms with van der Waals surface area (Å²) in [6.45, 7) is 4.51. The van der Waals surface area contributed by atoms with E-state index < -0.39 is 17.7 Å². The van der Waals surface area contributed by atoms with Crippen molar-refractivity contribution in [3.63, 3.8) is 0 Å². The summed E-state index contributed by atoms with van der Waals surface area (Å²) >= 11 is 1.48. The van der Waals surface area contributed by atoms with Crippen molar-refractivity contribution in [2.45, 2.75) is 39.2 Å². The lowest BCUT2D eigenvalue weighted by Gasteiger charge is -2.25. The Morgan fingerprint density at radius 1 is 1.17 bits per heavy atom. The second kappa shape index (κ2) is 9.34. The van der Waals surface area contributed by atoms with Crippen LogP contribution >= 0.6 is 11.3 Å². The number of nitrogens with zero attached hydrogens (tertiary/aromatic N) is 1. The molecule has 1 amide bonds. The molecule has 3 rings (SSSR count). The van der Waals surface area contributed by atoms with Crippen LogP contribution in [0.4, 0.5) is 0 Å². The van der Waals surface area contributed by atoms with Crippen LogP contribution in [-0.4, -0.2) is 42.5 Å². The number of benzene rings is 1. The monoisotopic (exact) mass is 429 g/mol. The molecule has 0 spiro atoms. The number of methoxy groups -OCH3 is 2. The highest BCUT2D eigenvalue weighted by molar-refractivity contribution is 7.10. The number of aryl methyl sites for hydroxylation is 1. The molecular formula is C23H27NO5S. The molecule has 1 aliphatic heterocycles. The number of thiophene rings is 1. The molecule has 1 unspecified atom stereocenters. The zero-order valence-electron chi connectivity index (χ0n) is 17.7. The number of likely N-dealkylation sites (tertiary alicyclic amines) is 1. The van der Waals surface area contributed by atoms with Gasteiger partial charge >= 0.3 is 0 Å². The smallest absolute Gasteiger partial charge is 0.295 e. The van der Waals surface area contributed by atoms with Crippen LogP contribution in [0.1, 0.15) is 48.2 Å². The molecule has 1 aromatic heterocycles. The van der Waals surface area contributed by atoms with E-state index in [0.29, 0.717) is 23.6 Å². The normalized spacial score (nSPS) is 18.1. The van der Waals surface area contributed by atoms with Crippen LogP contribution in [0.5, 0.6) is 11.5 Å². The maximum absolute atomic E-state index is 13.0. The Bertz CT molecular complexity index is 978. The first-order valence-electron chi connectivity index (χ1n) is 9.99. The maximum atomic E-state index is 13.0. The molecule has 1 aromatic carbocycles. The van der Waals surface area contributed by atoms with Crippen molar-refractivity contribution in [3.05, 3.63) is 51.2 Å². The van der Waals surface area contributed by atoms with Gasteiger partial charge in [-0.25, -0.2) is 0 Å². The van der Waals surface area contributed by atoms with Crippen LogP contribution in [0.25, 0.3) is 5.76 Å². The van der Waals surface area contributed by atoms with Crippen molar-refractivity contribution in [1.29, 1.82) is 0 Å². The van der Waals surface area contributed by atoms with Gasteiger partial charge < -0.3 is 19.5 Å². The van der Waals surface area contributed by atoms with Gasteiger partial charge in [-0.05, 0) is 42.5 Å². The predicted molar refractivity (Wildman–Crippen MR) is 117 cm³/mol. The van der Waals surface area contributed by atoms with Gasteiger partial charge in [0.2, 0.25) is 0 Å². The van der Waals surface area contributed by atoms with Gasteiger partial charge in [0.15, 0.2) is 0 Å². The van der Waals surface area contributed by atoms with E-state index in [1.165, 1.54) is 25.6 Å². The highest BCUT2D eigenvalue weighted by atomic mass is 32.1. The third-order valence-corrected chi connectivity index (χ3v) is 6.43. The molecule has 2 heterocycles. The molecular weight excluding hydrogens is 402 g/mol. The van der Waals surface area contributed by atoms with Gasteiger partial charge in [0, 0.05) is 17.5 Å². The van der Waals surface area contributed by atoms with Gasteiger partial charge in [-0.3, -0.25) is 9.59 Å². The zero-order chi connectivity index (χ0) is 21.8. The third kappa shape index (κ3) is 3.94. The number of amides is 1. The molecule has 1 atom stereocenters. The molecule has 0 radical (unpaired) electrons. The van der Waals surface area contributed by atoms with Crippen LogP contribution in [0.3, 0.4) is 0 Å². The molecule has 6 nitrogen and oxygen atoms in total. The highest BCUT2D eigenvalue weighted by Crippen LogP contribution is 2.44. The van der Waals surface area contributed by atoms with Crippen LogP contribution in [-0.2, 0) is 9.59 Å². The molecule has 1 fully saturated rings. The number of Topliss-reactive ketones (excluding diaryl/α,β-unsaturated/α-hetero) is 1. The quantitative estimate of drug-likeness (QED) is 0.285. The fourth-order valence-electron chi connectivity index (χ4n) is 3.72. The first kappa shape index (κ1) is 21.9. The van der Waals surface area contributed by atoms with Gasteiger partial charge in [-0.2, -0.15) is 0 Å².